The fraction of sp³-hybridized carbons (Fsp3) is 0.833. The molecule has 1 heterocycles. The van der Waals surface area contributed by atoms with E-state index in [2.05, 4.69) is 19.8 Å². The molecule has 4 fully saturated rings. The molecule has 3 saturated carbocycles. The minimum atomic E-state index is -0.433. The Bertz CT molecular complexity index is 346. The van der Waals surface area contributed by atoms with E-state index in [9.17, 15) is 0 Å². The molecule has 0 aromatic carbocycles. The highest BCUT2D eigenvalue weighted by Crippen LogP contribution is 2.65. The van der Waals surface area contributed by atoms with Gasteiger partial charge in [0.1, 0.15) is 5.60 Å². The second-order valence-electron chi connectivity index (χ2n) is 5.79. The topological polar surface area (TPSA) is 18.5 Å². The smallest absolute Gasteiger partial charge is 0.404 e. The molecular weight excluding hydrogens is 187 g/mol. The summed E-state index contributed by atoms with van der Waals surface area (Å²) in [5.74, 6) is 4.15. The Labute approximate surface area is 91.9 Å². The molecule has 4 atom stereocenters. The van der Waals surface area contributed by atoms with E-state index in [4.69, 9.17) is 15.7 Å². The van der Waals surface area contributed by atoms with Crippen LogP contribution in [0.4, 0.5) is 0 Å². The molecule has 1 saturated heterocycles. The molecule has 4 aliphatic rings. The molecule has 3 heteroatoms. The second-order valence-corrected chi connectivity index (χ2v) is 5.79. The average molecular weight is 204 g/mol. The van der Waals surface area contributed by atoms with E-state index < -0.39 is 5.60 Å². The van der Waals surface area contributed by atoms with Crippen molar-refractivity contribution in [3.63, 3.8) is 0 Å². The van der Waals surface area contributed by atoms with Gasteiger partial charge in [0, 0.05) is 5.92 Å². The van der Waals surface area contributed by atoms with Crippen molar-refractivity contribution in [3.8, 4) is 12.3 Å². The third kappa shape index (κ3) is 0.952. The molecule has 0 N–H and O–H groups in total. The van der Waals surface area contributed by atoms with Gasteiger partial charge < -0.3 is 9.31 Å². The van der Waals surface area contributed by atoms with Gasteiger partial charge in [-0.25, -0.2) is 0 Å². The van der Waals surface area contributed by atoms with Gasteiger partial charge >= 0.3 is 7.12 Å². The summed E-state index contributed by atoms with van der Waals surface area (Å²) in [6.45, 7) is 6.57. The van der Waals surface area contributed by atoms with E-state index in [0.717, 1.165) is 12.3 Å². The van der Waals surface area contributed by atoms with E-state index in [1.54, 1.807) is 0 Å². The van der Waals surface area contributed by atoms with Gasteiger partial charge in [0.05, 0.1) is 6.10 Å². The lowest BCUT2D eigenvalue weighted by Crippen LogP contribution is -2.66. The van der Waals surface area contributed by atoms with E-state index in [1.165, 1.54) is 6.42 Å². The van der Waals surface area contributed by atoms with E-state index >= 15 is 0 Å². The monoisotopic (exact) mass is 204 g/mol. The van der Waals surface area contributed by atoms with Gasteiger partial charge in [-0.2, -0.15) is 0 Å². The second kappa shape index (κ2) is 2.62. The van der Waals surface area contributed by atoms with Crippen molar-refractivity contribution < 1.29 is 9.31 Å². The van der Waals surface area contributed by atoms with Crippen LogP contribution in [0.25, 0.3) is 0 Å². The fourth-order valence-electron chi connectivity index (χ4n) is 3.88. The maximum Gasteiger partial charge on any atom is 0.455 e. The van der Waals surface area contributed by atoms with Gasteiger partial charge in [0.2, 0.25) is 0 Å². The Morgan fingerprint density at radius 3 is 2.73 bits per heavy atom. The Morgan fingerprint density at radius 2 is 2.13 bits per heavy atom. The van der Waals surface area contributed by atoms with Gasteiger partial charge in [-0.3, -0.25) is 0 Å². The van der Waals surface area contributed by atoms with Crippen LogP contribution in [0.15, 0.2) is 0 Å². The summed E-state index contributed by atoms with van der Waals surface area (Å²) in [5, 5.41) is 0. The largest absolute Gasteiger partial charge is 0.455 e. The summed E-state index contributed by atoms with van der Waals surface area (Å²) in [4.78, 5) is 0. The number of terminal acetylenes is 1. The summed E-state index contributed by atoms with van der Waals surface area (Å²) in [7, 11) is -0.138. The highest BCUT2D eigenvalue weighted by atomic mass is 16.7. The summed E-state index contributed by atoms with van der Waals surface area (Å²) in [6, 6.07) is 0. The van der Waals surface area contributed by atoms with Crippen LogP contribution in [0, 0.1) is 29.6 Å². The zero-order valence-electron chi connectivity index (χ0n) is 9.62. The molecule has 0 aromatic heterocycles. The van der Waals surface area contributed by atoms with Gasteiger partial charge in [-0.1, -0.05) is 19.8 Å². The maximum atomic E-state index is 5.93. The summed E-state index contributed by atoms with van der Waals surface area (Å²) < 4.78 is 11.7. The lowest BCUT2D eigenvalue weighted by Gasteiger charge is -2.63. The first kappa shape index (κ1) is 9.75. The Hall–Kier alpha value is -0.455. The molecule has 0 aromatic rings. The molecular formula is C12H17BO2. The van der Waals surface area contributed by atoms with E-state index in [1.807, 2.05) is 6.82 Å². The molecule has 1 unspecified atom stereocenters. The fourth-order valence-corrected chi connectivity index (χ4v) is 3.88. The Morgan fingerprint density at radius 1 is 1.40 bits per heavy atom. The molecule has 1 aliphatic heterocycles. The predicted molar refractivity (Wildman–Crippen MR) is 59.1 cm³/mol. The first-order chi connectivity index (χ1) is 7.00. The SMILES string of the molecule is C#C[C@]12OB(C)O[C@H]1CC1C[C@@H]2C1(C)C. The van der Waals surface area contributed by atoms with Gasteiger partial charge in [0.25, 0.3) is 0 Å². The third-order valence-electron chi connectivity index (χ3n) is 4.91. The summed E-state index contributed by atoms with van der Waals surface area (Å²) >= 11 is 0. The molecule has 80 valence electrons. The van der Waals surface area contributed by atoms with Crippen molar-refractivity contribution in [1.82, 2.24) is 0 Å². The summed E-state index contributed by atoms with van der Waals surface area (Å²) in [5.41, 5.74) is -0.103. The zero-order valence-corrected chi connectivity index (χ0v) is 9.62. The van der Waals surface area contributed by atoms with Crippen molar-refractivity contribution in [1.29, 1.82) is 0 Å². The molecule has 15 heavy (non-hydrogen) atoms. The van der Waals surface area contributed by atoms with Crippen LogP contribution in [0.2, 0.25) is 6.82 Å². The lowest BCUT2D eigenvalue weighted by atomic mass is 9.43. The van der Waals surface area contributed by atoms with E-state index in [0.29, 0.717) is 11.3 Å². The zero-order chi connectivity index (χ0) is 10.8. The molecule has 2 nitrogen and oxygen atoms in total. The predicted octanol–water partition coefficient (Wildman–Crippen LogP) is 1.96. The number of rotatable bonds is 0. The van der Waals surface area contributed by atoms with Crippen LogP contribution in [0.5, 0.6) is 0 Å². The van der Waals surface area contributed by atoms with Crippen LogP contribution in [0.1, 0.15) is 26.7 Å². The van der Waals surface area contributed by atoms with Crippen molar-refractivity contribution in [3.05, 3.63) is 0 Å². The number of hydrogen-bond donors (Lipinski definition) is 0. The molecule has 0 spiro atoms. The first-order valence-corrected chi connectivity index (χ1v) is 5.81. The minimum Gasteiger partial charge on any atom is -0.404 e. The van der Waals surface area contributed by atoms with Gasteiger partial charge in [-0.15, -0.1) is 6.42 Å². The third-order valence-corrected chi connectivity index (χ3v) is 4.91. The highest BCUT2D eigenvalue weighted by molar-refractivity contribution is 6.43. The molecule has 0 radical (unpaired) electrons. The van der Waals surface area contributed by atoms with Crippen LogP contribution >= 0.6 is 0 Å². The molecule has 0 amide bonds. The standard InChI is InChI=1S/C12H17BO2/c1-5-12-9-6-8(11(9,2)3)7-10(12)14-13(4)15-12/h1,8-10H,6-7H2,2-4H3/t8?,9-,10+,12-/m1/s1. The maximum absolute atomic E-state index is 5.93. The van der Waals surface area contributed by atoms with Crippen molar-refractivity contribution in [2.45, 2.75) is 45.2 Å². The van der Waals surface area contributed by atoms with Gasteiger partial charge in [0.15, 0.2) is 0 Å². The Balaban J connectivity index is 2.01. The van der Waals surface area contributed by atoms with Crippen molar-refractivity contribution >= 4 is 7.12 Å². The molecule has 4 rings (SSSR count). The van der Waals surface area contributed by atoms with E-state index in [-0.39, 0.29) is 13.2 Å². The summed E-state index contributed by atoms with van der Waals surface area (Å²) in [6.07, 6.45) is 8.14. The first-order valence-electron chi connectivity index (χ1n) is 5.81. The van der Waals surface area contributed by atoms with Gasteiger partial charge in [-0.05, 0) is 31.0 Å². The number of hydrogen-bond acceptors (Lipinski definition) is 2. The average Bonchev–Trinajstić information content (AvgIpc) is 2.53. The van der Waals surface area contributed by atoms with Crippen molar-refractivity contribution in [2.24, 2.45) is 17.3 Å². The normalized spacial score (nSPS) is 50.5. The van der Waals surface area contributed by atoms with Crippen LogP contribution < -0.4 is 0 Å². The van der Waals surface area contributed by atoms with Crippen molar-refractivity contribution in [2.75, 3.05) is 0 Å². The van der Waals surface area contributed by atoms with Crippen LogP contribution in [0.3, 0.4) is 0 Å². The molecule has 3 aliphatic carbocycles. The van der Waals surface area contributed by atoms with Crippen LogP contribution in [-0.4, -0.2) is 18.8 Å². The highest BCUT2D eigenvalue weighted by Gasteiger charge is 2.68. The quantitative estimate of drug-likeness (QED) is 0.443. The molecule has 2 bridgehead atoms. The minimum absolute atomic E-state index is 0.134. The lowest BCUT2D eigenvalue weighted by molar-refractivity contribution is -0.181. The van der Waals surface area contributed by atoms with Crippen LogP contribution in [-0.2, 0) is 9.31 Å². The Kier molecular flexibility index (Phi) is 1.70.